The first-order chi connectivity index (χ1) is 4.70. The summed E-state index contributed by atoms with van der Waals surface area (Å²) >= 11 is 3.80. The first-order valence-electron chi connectivity index (χ1n) is 3.15. The predicted molar refractivity (Wildman–Crippen MR) is 41.1 cm³/mol. The molecular weight excluding hydrogens is 152 g/mol. The maximum absolute atomic E-state index is 10.6. The molecule has 0 aliphatic heterocycles. The van der Waals surface area contributed by atoms with Gasteiger partial charge in [0, 0.05) is 5.75 Å². The van der Waals surface area contributed by atoms with Crippen molar-refractivity contribution < 1.29 is 14.6 Å². The Morgan fingerprint density at radius 3 is 2.80 bits per heavy atom. The number of aliphatic hydroxyl groups is 1. The number of rotatable bonds is 4. The van der Waals surface area contributed by atoms with Gasteiger partial charge in [-0.3, -0.25) is 4.79 Å². The highest BCUT2D eigenvalue weighted by atomic mass is 32.1. The highest BCUT2D eigenvalue weighted by molar-refractivity contribution is 7.80. The first-order valence-corrected chi connectivity index (χ1v) is 3.78. The van der Waals surface area contributed by atoms with Crippen LogP contribution < -0.4 is 0 Å². The molecule has 60 valence electrons. The lowest BCUT2D eigenvalue weighted by atomic mass is 10.3. The highest BCUT2D eigenvalue weighted by Gasteiger charge is 2.08. The summed E-state index contributed by atoms with van der Waals surface area (Å²) in [6.45, 7) is 2.09. The summed E-state index contributed by atoms with van der Waals surface area (Å²) in [6.07, 6.45) is -0.639. The zero-order chi connectivity index (χ0) is 7.98. The number of thiol groups is 1. The number of ether oxygens (including phenoxy) is 1. The predicted octanol–water partition coefficient (Wildman–Crippen LogP) is 0.230. The van der Waals surface area contributed by atoms with Crippen molar-refractivity contribution in [2.75, 3.05) is 12.4 Å². The van der Waals surface area contributed by atoms with E-state index in [1.54, 1.807) is 6.92 Å². The molecule has 0 rings (SSSR count). The number of esters is 1. The third-order valence-corrected chi connectivity index (χ3v) is 1.34. The Morgan fingerprint density at radius 2 is 2.40 bits per heavy atom. The summed E-state index contributed by atoms with van der Waals surface area (Å²) in [5.74, 6) is -0.0808. The molecule has 0 aromatic carbocycles. The van der Waals surface area contributed by atoms with Crippen LogP contribution in [0.4, 0.5) is 0 Å². The van der Waals surface area contributed by atoms with Crippen LogP contribution in [-0.4, -0.2) is 29.5 Å². The van der Waals surface area contributed by atoms with Gasteiger partial charge in [-0.1, -0.05) is 0 Å². The van der Waals surface area contributed by atoms with Crippen molar-refractivity contribution >= 4 is 18.6 Å². The fourth-order valence-corrected chi connectivity index (χ4v) is 0.606. The largest absolute Gasteiger partial charge is 0.466 e. The van der Waals surface area contributed by atoms with E-state index in [0.29, 0.717) is 12.4 Å². The van der Waals surface area contributed by atoms with E-state index in [4.69, 9.17) is 5.11 Å². The van der Waals surface area contributed by atoms with Crippen LogP contribution in [0.15, 0.2) is 0 Å². The highest BCUT2D eigenvalue weighted by Crippen LogP contribution is 1.95. The van der Waals surface area contributed by atoms with Crippen LogP contribution >= 0.6 is 12.6 Å². The quantitative estimate of drug-likeness (QED) is 0.462. The fraction of sp³-hybridized carbons (Fsp3) is 0.833. The SMILES string of the molecule is CCOC(=O)CC(O)CS. The lowest BCUT2D eigenvalue weighted by Crippen LogP contribution is -2.16. The molecule has 0 heterocycles. The van der Waals surface area contributed by atoms with Crippen molar-refractivity contribution in [1.82, 2.24) is 0 Å². The van der Waals surface area contributed by atoms with E-state index in [9.17, 15) is 4.79 Å². The van der Waals surface area contributed by atoms with Gasteiger partial charge in [-0.25, -0.2) is 0 Å². The summed E-state index contributed by atoms with van der Waals surface area (Å²) in [7, 11) is 0. The topological polar surface area (TPSA) is 46.5 Å². The van der Waals surface area contributed by atoms with Crippen LogP contribution in [0.2, 0.25) is 0 Å². The number of carbonyl (C=O) groups excluding carboxylic acids is 1. The second kappa shape index (κ2) is 5.56. The lowest BCUT2D eigenvalue weighted by Gasteiger charge is -2.05. The molecule has 0 fully saturated rings. The Labute approximate surface area is 65.8 Å². The molecule has 0 aromatic rings. The zero-order valence-corrected chi connectivity index (χ0v) is 6.80. The molecule has 1 N–H and O–H groups in total. The minimum absolute atomic E-state index is 0.0390. The third-order valence-electron chi connectivity index (χ3n) is 0.918. The number of hydrogen-bond donors (Lipinski definition) is 2. The van der Waals surface area contributed by atoms with Crippen LogP contribution in [0.5, 0.6) is 0 Å². The second-order valence-electron chi connectivity index (χ2n) is 1.85. The third kappa shape index (κ3) is 4.64. The number of hydrogen-bond acceptors (Lipinski definition) is 4. The van der Waals surface area contributed by atoms with Crippen molar-refractivity contribution in [2.45, 2.75) is 19.4 Å². The summed E-state index contributed by atoms with van der Waals surface area (Å²) in [5, 5.41) is 8.88. The average molecular weight is 164 g/mol. The molecule has 0 bridgehead atoms. The number of carbonyl (C=O) groups is 1. The van der Waals surface area contributed by atoms with Gasteiger partial charge in [-0.15, -0.1) is 0 Å². The maximum atomic E-state index is 10.6. The summed E-state index contributed by atoms with van der Waals surface area (Å²) in [5.41, 5.74) is 0. The Hall–Kier alpha value is -0.220. The molecule has 0 aliphatic carbocycles. The van der Waals surface area contributed by atoms with Gasteiger partial charge >= 0.3 is 5.97 Å². The van der Waals surface area contributed by atoms with Gasteiger partial charge < -0.3 is 9.84 Å². The van der Waals surface area contributed by atoms with Gasteiger partial charge in [-0.05, 0) is 6.92 Å². The molecule has 3 nitrogen and oxygen atoms in total. The molecule has 0 radical (unpaired) electrons. The van der Waals surface area contributed by atoms with E-state index in [1.807, 2.05) is 0 Å². The van der Waals surface area contributed by atoms with Gasteiger partial charge in [0.25, 0.3) is 0 Å². The van der Waals surface area contributed by atoms with Crippen LogP contribution in [0.25, 0.3) is 0 Å². The monoisotopic (exact) mass is 164 g/mol. The fourth-order valence-electron chi connectivity index (χ4n) is 0.477. The van der Waals surface area contributed by atoms with Gasteiger partial charge in [0.1, 0.15) is 0 Å². The molecule has 0 saturated heterocycles. The van der Waals surface area contributed by atoms with E-state index in [1.165, 1.54) is 0 Å². The average Bonchev–Trinajstić information content (AvgIpc) is 1.88. The van der Waals surface area contributed by atoms with Gasteiger partial charge in [-0.2, -0.15) is 12.6 Å². The van der Waals surface area contributed by atoms with Crippen LogP contribution in [-0.2, 0) is 9.53 Å². The summed E-state index contributed by atoms with van der Waals surface area (Å²) < 4.78 is 4.58. The molecule has 0 spiro atoms. The normalized spacial score (nSPS) is 12.7. The van der Waals surface area contributed by atoms with Crippen molar-refractivity contribution in [3.63, 3.8) is 0 Å². The van der Waals surface area contributed by atoms with Crippen molar-refractivity contribution in [1.29, 1.82) is 0 Å². The molecule has 4 heteroatoms. The Bertz CT molecular complexity index is 105. The van der Waals surface area contributed by atoms with Crippen molar-refractivity contribution in [2.24, 2.45) is 0 Å². The smallest absolute Gasteiger partial charge is 0.308 e. The second-order valence-corrected chi connectivity index (χ2v) is 2.21. The Morgan fingerprint density at radius 1 is 1.80 bits per heavy atom. The van der Waals surface area contributed by atoms with Crippen molar-refractivity contribution in [3.8, 4) is 0 Å². The standard InChI is InChI=1S/C6H12O3S/c1-2-9-6(8)3-5(7)4-10/h5,7,10H,2-4H2,1H3. The van der Waals surface area contributed by atoms with Gasteiger partial charge in [0.15, 0.2) is 0 Å². The minimum atomic E-state index is -0.678. The van der Waals surface area contributed by atoms with E-state index >= 15 is 0 Å². The maximum Gasteiger partial charge on any atom is 0.308 e. The molecular formula is C6H12O3S. The van der Waals surface area contributed by atoms with E-state index in [-0.39, 0.29) is 12.4 Å². The summed E-state index contributed by atoms with van der Waals surface area (Å²) in [6, 6.07) is 0. The Balaban J connectivity index is 3.37. The molecule has 1 atom stereocenters. The van der Waals surface area contributed by atoms with Crippen molar-refractivity contribution in [3.05, 3.63) is 0 Å². The minimum Gasteiger partial charge on any atom is -0.466 e. The lowest BCUT2D eigenvalue weighted by molar-refractivity contribution is -0.144. The zero-order valence-electron chi connectivity index (χ0n) is 5.91. The molecule has 1 unspecified atom stereocenters. The molecule has 0 aliphatic rings. The van der Waals surface area contributed by atoms with E-state index in [2.05, 4.69) is 17.4 Å². The molecule has 0 amide bonds. The molecule has 10 heavy (non-hydrogen) atoms. The van der Waals surface area contributed by atoms with Gasteiger partial charge in [0.05, 0.1) is 19.1 Å². The van der Waals surface area contributed by atoms with E-state index in [0.717, 1.165) is 0 Å². The molecule has 0 aromatic heterocycles. The van der Waals surface area contributed by atoms with Gasteiger partial charge in [0.2, 0.25) is 0 Å². The number of aliphatic hydroxyl groups excluding tert-OH is 1. The first kappa shape index (κ1) is 9.78. The van der Waals surface area contributed by atoms with Crippen LogP contribution in [0.1, 0.15) is 13.3 Å². The van der Waals surface area contributed by atoms with Crippen LogP contribution in [0.3, 0.4) is 0 Å². The Kier molecular flexibility index (Phi) is 5.43. The van der Waals surface area contributed by atoms with E-state index < -0.39 is 6.10 Å². The molecule has 0 saturated carbocycles. The summed E-state index contributed by atoms with van der Waals surface area (Å²) in [4.78, 5) is 10.6. The van der Waals surface area contributed by atoms with Crippen LogP contribution in [0, 0.1) is 0 Å².